The SMILES string of the molecule is OCC1CCC(OCC2OCCc3ccccc32)CC1. The maximum atomic E-state index is 9.16. The summed E-state index contributed by atoms with van der Waals surface area (Å²) in [5, 5.41) is 9.16. The Morgan fingerprint density at radius 1 is 1.15 bits per heavy atom. The monoisotopic (exact) mass is 276 g/mol. The van der Waals surface area contributed by atoms with Crippen LogP contribution in [0.1, 0.15) is 42.9 Å². The van der Waals surface area contributed by atoms with Crippen molar-refractivity contribution in [1.82, 2.24) is 0 Å². The van der Waals surface area contributed by atoms with Gasteiger partial charge in [0.25, 0.3) is 0 Å². The van der Waals surface area contributed by atoms with Crippen LogP contribution in [-0.2, 0) is 15.9 Å². The molecule has 1 aromatic rings. The first kappa shape index (κ1) is 14.1. The molecule has 1 atom stereocenters. The molecule has 0 radical (unpaired) electrons. The average Bonchev–Trinajstić information content (AvgIpc) is 2.53. The zero-order chi connectivity index (χ0) is 13.8. The molecular weight excluding hydrogens is 252 g/mol. The van der Waals surface area contributed by atoms with Crippen LogP contribution in [0.25, 0.3) is 0 Å². The molecule has 1 saturated carbocycles. The summed E-state index contributed by atoms with van der Waals surface area (Å²) in [7, 11) is 0. The van der Waals surface area contributed by atoms with Crippen molar-refractivity contribution in [3.63, 3.8) is 0 Å². The Morgan fingerprint density at radius 3 is 2.75 bits per heavy atom. The number of aliphatic hydroxyl groups excluding tert-OH is 1. The number of hydrogen-bond donors (Lipinski definition) is 1. The largest absolute Gasteiger partial charge is 0.396 e. The molecule has 0 amide bonds. The lowest BCUT2D eigenvalue weighted by Crippen LogP contribution is -2.27. The minimum absolute atomic E-state index is 0.0931. The van der Waals surface area contributed by atoms with Crippen molar-refractivity contribution in [2.24, 2.45) is 5.92 Å². The third-order valence-corrected chi connectivity index (χ3v) is 4.63. The van der Waals surface area contributed by atoms with Crippen LogP contribution in [0.4, 0.5) is 0 Å². The second kappa shape index (κ2) is 6.70. The van der Waals surface area contributed by atoms with Crippen LogP contribution < -0.4 is 0 Å². The van der Waals surface area contributed by atoms with Gasteiger partial charge in [0, 0.05) is 6.61 Å². The second-order valence-electron chi connectivity index (χ2n) is 5.97. The molecule has 0 bridgehead atoms. The van der Waals surface area contributed by atoms with Gasteiger partial charge in [0.15, 0.2) is 0 Å². The third-order valence-electron chi connectivity index (χ3n) is 4.63. The van der Waals surface area contributed by atoms with Crippen molar-refractivity contribution in [3.05, 3.63) is 35.4 Å². The summed E-state index contributed by atoms with van der Waals surface area (Å²) in [4.78, 5) is 0. The molecular formula is C17H24O3. The zero-order valence-electron chi connectivity index (χ0n) is 12.0. The highest BCUT2D eigenvalue weighted by atomic mass is 16.5. The highest BCUT2D eigenvalue weighted by Crippen LogP contribution is 2.30. The van der Waals surface area contributed by atoms with Gasteiger partial charge in [0.2, 0.25) is 0 Å². The second-order valence-corrected chi connectivity index (χ2v) is 5.97. The molecule has 1 fully saturated rings. The number of hydrogen-bond acceptors (Lipinski definition) is 3. The molecule has 2 aliphatic rings. The fourth-order valence-electron chi connectivity index (χ4n) is 3.32. The van der Waals surface area contributed by atoms with Gasteiger partial charge in [-0.3, -0.25) is 0 Å². The molecule has 1 aliphatic heterocycles. The van der Waals surface area contributed by atoms with Gasteiger partial charge in [-0.25, -0.2) is 0 Å². The molecule has 0 aromatic heterocycles. The highest BCUT2D eigenvalue weighted by Gasteiger charge is 2.25. The maximum Gasteiger partial charge on any atom is 0.106 e. The van der Waals surface area contributed by atoms with Crippen LogP contribution in [0.2, 0.25) is 0 Å². The predicted molar refractivity (Wildman–Crippen MR) is 77.6 cm³/mol. The van der Waals surface area contributed by atoms with Crippen LogP contribution in [0, 0.1) is 5.92 Å². The smallest absolute Gasteiger partial charge is 0.106 e. The van der Waals surface area contributed by atoms with Crippen LogP contribution in [-0.4, -0.2) is 31.0 Å². The number of benzene rings is 1. The molecule has 3 rings (SSSR count). The lowest BCUT2D eigenvalue weighted by atomic mass is 9.88. The van der Waals surface area contributed by atoms with Crippen molar-refractivity contribution in [3.8, 4) is 0 Å². The van der Waals surface area contributed by atoms with E-state index in [0.29, 0.717) is 25.2 Å². The number of fused-ring (bicyclic) bond motifs is 1. The molecule has 0 saturated heterocycles. The minimum atomic E-state index is 0.0931. The van der Waals surface area contributed by atoms with E-state index in [1.165, 1.54) is 11.1 Å². The zero-order valence-corrected chi connectivity index (χ0v) is 12.0. The quantitative estimate of drug-likeness (QED) is 0.919. The first-order valence-electron chi connectivity index (χ1n) is 7.78. The van der Waals surface area contributed by atoms with E-state index in [1.54, 1.807) is 0 Å². The Kier molecular flexibility index (Phi) is 4.71. The van der Waals surface area contributed by atoms with Crippen LogP contribution in [0.3, 0.4) is 0 Å². The summed E-state index contributed by atoms with van der Waals surface area (Å²) in [6.07, 6.45) is 5.76. The lowest BCUT2D eigenvalue weighted by Gasteiger charge is -2.31. The van der Waals surface area contributed by atoms with E-state index in [2.05, 4.69) is 24.3 Å². The first-order valence-corrected chi connectivity index (χ1v) is 7.78. The predicted octanol–water partition coefficient (Wildman–Crippen LogP) is 2.87. The summed E-state index contributed by atoms with van der Waals surface area (Å²) >= 11 is 0. The van der Waals surface area contributed by atoms with Gasteiger partial charge in [0.1, 0.15) is 6.10 Å². The van der Waals surface area contributed by atoms with Gasteiger partial charge in [0.05, 0.1) is 19.3 Å². The van der Waals surface area contributed by atoms with E-state index >= 15 is 0 Å². The molecule has 1 aromatic carbocycles. The van der Waals surface area contributed by atoms with Gasteiger partial charge in [-0.2, -0.15) is 0 Å². The Morgan fingerprint density at radius 2 is 1.95 bits per heavy atom. The van der Waals surface area contributed by atoms with E-state index in [9.17, 15) is 0 Å². The van der Waals surface area contributed by atoms with Gasteiger partial charge < -0.3 is 14.6 Å². The van der Waals surface area contributed by atoms with Crippen LogP contribution in [0.5, 0.6) is 0 Å². The number of ether oxygens (including phenoxy) is 2. The Balaban J connectivity index is 1.52. The highest BCUT2D eigenvalue weighted by molar-refractivity contribution is 5.30. The molecule has 0 spiro atoms. The summed E-state index contributed by atoms with van der Waals surface area (Å²) in [5.74, 6) is 0.488. The standard InChI is InChI=1S/C17H24O3/c18-11-13-5-7-15(8-6-13)20-12-17-16-4-2-1-3-14(16)9-10-19-17/h1-4,13,15,17-18H,5-12H2. The van der Waals surface area contributed by atoms with Crippen molar-refractivity contribution in [2.75, 3.05) is 19.8 Å². The molecule has 1 unspecified atom stereocenters. The molecule has 3 nitrogen and oxygen atoms in total. The van der Waals surface area contributed by atoms with Gasteiger partial charge in [-0.05, 0) is 49.1 Å². The summed E-state index contributed by atoms with van der Waals surface area (Å²) in [6.45, 7) is 1.78. The van der Waals surface area contributed by atoms with Crippen LogP contribution in [0.15, 0.2) is 24.3 Å². The van der Waals surface area contributed by atoms with E-state index in [1.807, 2.05) is 0 Å². The van der Waals surface area contributed by atoms with Gasteiger partial charge >= 0.3 is 0 Å². The number of aliphatic hydroxyl groups is 1. The molecule has 1 N–H and O–H groups in total. The summed E-state index contributed by atoms with van der Waals surface area (Å²) < 4.78 is 11.9. The molecule has 3 heteroatoms. The minimum Gasteiger partial charge on any atom is -0.396 e. The molecule has 20 heavy (non-hydrogen) atoms. The van der Waals surface area contributed by atoms with E-state index in [-0.39, 0.29) is 6.10 Å². The topological polar surface area (TPSA) is 38.7 Å². The molecule has 1 heterocycles. The lowest BCUT2D eigenvalue weighted by molar-refractivity contribution is -0.0645. The third kappa shape index (κ3) is 3.22. The Hall–Kier alpha value is -0.900. The van der Waals surface area contributed by atoms with Gasteiger partial charge in [-0.15, -0.1) is 0 Å². The van der Waals surface area contributed by atoms with Crippen molar-refractivity contribution in [2.45, 2.75) is 44.3 Å². The van der Waals surface area contributed by atoms with Crippen molar-refractivity contribution in [1.29, 1.82) is 0 Å². The van der Waals surface area contributed by atoms with E-state index < -0.39 is 0 Å². The van der Waals surface area contributed by atoms with E-state index in [4.69, 9.17) is 14.6 Å². The summed E-state index contributed by atoms with van der Waals surface area (Å²) in [6, 6.07) is 8.52. The van der Waals surface area contributed by atoms with Crippen molar-refractivity contribution < 1.29 is 14.6 Å². The van der Waals surface area contributed by atoms with E-state index in [0.717, 1.165) is 38.7 Å². The Bertz CT molecular complexity index is 424. The fourth-order valence-corrected chi connectivity index (χ4v) is 3.32. The molecule has 1 aliphatic carbocycles. The summed E-state index contributed by atoms with van der Waals surface area (Å²) in [5.41, 5.74) is 2.69. The number of rotatable bonds is 4. The maximum absolute atomic E-state index is 9.16. The Labute approximate surface area is 120 Å². The average molecular weight is 276 g/mol. The molecule has 110 valence electrons. The normalized spacial score (nSPS) is 29.9. The fraction of sp³-hybridized carbons (Fsp3) is 0.647. The van der Waals surface area contributed by atoms with Crippen LogP contribution >= 0.6 is 0 Å². The van der Waals surface area contributed by atoms with Gasteiger partial charge in [-0.1, -0.05) is 24.3 Å². The first-order chi connectivity index (χ1) is 9.86. The van der Waals surface area contributed by atoms with Crippen molar-refractivity contribution >= 4 is 0 Å².